The van der Waals surface area contributed by atoms with Crippen LogP contribution in [-0.2, 0) is 4.57 Å². The molecular weight excluding hydrogens is 512 g/mol. The third-order valence-corrected chi connectivity index (χ3v) is 10.1. The molecule has 0 aliphatic rings. The van der Waals surface area contributed by atoms with Gasteiger partial charge in [0.05, 0.1) is 0 Å². The molecule has 1 heterocycles. The van der Waals surface area contributed by atoms with E-state index in [2.05, 4.69) is 0 Å². The van der Waals surface area contributed by atoms with Crippen LogP contribution in [0.25, 0.3) is 9.65 Å². The van der Waals surface area contributed by atoms with E-state index in [1.807, 2.05) is 91.9 Å². The number of para-hydroxylation sites is 2. The average molecular weight is 534 g/mol. The van der Waals surface area contributed by atoms with E-state index in [0.717, 1.165) is 9.82 Å². The van der Waals surface area contributed by atoms with Gasteiger partial charge in [0, 0.05) is 0 Å². The predicted octanol–water partition coefficient (Wildman–Crippen LogP) is 6.26. The number of fused-ring (bicyclic) bond motifs is 1. The second-order valence-electron chi connectivity index (χ2n) is 7.85. The molecule has 0 N–H and O–H groups in total. The molecule has 5 nitrogen and oxygen atoms in total. The first kappa shape index (κ1) is 22.5. The molecule has 34 heavy (non-hydrogen) atoms. The molecule has 1 atom stereocenters. The minimum absolute atomic E-state index is 0.172. The number of aryl methyl sites for hydroxylation is 1. The Morgan fingerprint density at radius 2 is 1.26 bits per heavy atom. The Labute approximate surface area is 203 Å². The van der Waals surface area contributed by atoms with E-state index in [0.29, 0.717) is 22.4 Å². The van der Waals surface area contributed by atoms with Crippen molar-refractivity contribution < 1.29 is 13.6 Å². The van der Waals surface area contributed by atoms with Gasteiger partial charge in [0.2, 0.25) is 0 Å². The summed E-state index contributed by atoms with van der Waals surface area (Å²) in [5.41, 5.74) is 1.59. The fourth-order valence-electron chi connectivity index (χ4n) is 3.71. The fourth-order valence-corrected chi connectivity index (χ4v) is 8.76. The quantitative estimate of drug-likeness (QED) is 0.183. The van der Waals surface area contributed by atoms with Crippen LogP contribution in [0.1, 0.15) is 16.9 Å². The first-order valence-corrected chi connectivity index (χ1v) is 14.0. The summed E-state index contributed by atoms with van der Waals surface area (Å²) in [5, 5.41) is 0.630. The summed E-state index contributed by atoms with van der Waals surface area (Å²) in [4.78, 5) is 13.5. The summed E-state index contributed by atoms with van der Waals surface area (Å²) in [6.45, 7) is 1.99. The molecule has 5 rings (SSSR count). The van der Waals surface area contributed by atoms with Gasteiger partial charge in [0.25, 0.3) is 0 Å². The first-order valence-electron chi connectivity index (χ1n) is 10.8. The number of nitrogens with zero attached hydrogens (tertiary/aromatic N) is 1. The van der Waals surface area contributed by atoms with Crippen molar-refractivity contribution in [1.29, 1.82) is 0 Å². The van der Waals surface area contributed by atoms with E-state index in [4.69, 9.17) is 9.05 Å². The molecule has 1 aromatic heterocycles. The van der Waals surface area contributed by atoms with Gasteiger partial charge < -0.3 is 0 Å². The summed E-state index contributed by atoms with van der Waals surface area (Å²) in [6, 6.07) is 33.1. The number of benzene rings is 4. The van der Waals surface area contributed by atoms with Crippen molar-refractivity contribution in [1.82, 2.24) is 3.56 Å². The summed E-state index contributed by atoms with van der Waals surface area (Å²) in [5.74, 6) is -0.0977. The predicted molar refractivity (Wildman–Crippen MR) is 136 cm³/mol. The maximum atomic E-state index is 14.8. The Morgan fingerprint density at radius 1 is 0.735 bits per heavy atom. The molecule has 0 radical (unpaired) electrons. The Kier molecular flexibility index (Phi) is 6.29. The van der Waals surface area contributed by atoms with Gasteiger partial charge in [-0.3, -0.25) is 0 Å². The van der Waals surface area contributed by atoms with Crippen molar-refractivity contribution in [3.63, 3.8) is 0 Å². The summed E-state index contributed by atoms with van der Waals surface area (Å²) in [6.07, 6.45) is 0. The zero-order chi connectivity index (χ0) is 23.5. The summed E-state index contributed by atoms with van der Waals surface area (Å²) in [7, 11) is -4.00. The molecule has 0 fully saturated rings. The van der Waals surface area contributed by atoms with Gasteiger partial charge in [-0.25, -0.2) is 0 Å². The van der Waals surface area contributed by atoms with E-state index in [1.165, 1.54) is 0 Å². The van der Waals surface area contributed by atoms with Gasteiger partial charge in [0.15, 0.2) is 0 Å². The van der Waals surface area contributed by atoms with E-state index < -0.39 is 13.4 Å². The molecule has 0 aliphatic heterocycles. The molecule has 0 saturated carbocycles. The SMILES string of the molecule is Cc1ccc(C(n2[se]c3ccccc3c2=O)P(=O)(Oc2ccccc2)Oc2ccccc2)cc1. The van der Waals surface area contributed by atoms with Crippen molar-refractivity contribution in [3.8, 4) is 11.5 Å². The molecule has 0 aliphatic carbocycles. The fraction of sp³-hybridized carbons (Fsp3) is 0.0741. The Hall–Kier alpha value is -3.30. The molecule has 7 heteroatoms. The van der Waals surface area contributed by atoms with Crippen molar-refractivity contribution in [2.75, 3.05) is 0 Å². The van der Waals surface area contributed by atoms with Gasteiger partial charge in [-0.1, -0.05) is 0 Å². The van der Waals surface area contributed by atoms with Crippen LogP contribution >= 0.6 is 7.60 Å². The zero-order valence-electron chi connectivity index (χ0n) is 18.4. The van der Waals surface area contributed by atoms with Gasteiger partial charge in [-0.05, 0) is 0 Å². The molecule has 1 unspecified atom stereocenters. The van der Waals surface area contributed by atoms with Crippen molar-refractivity contribution in [3.05, 3.63) is 131 Å². The molecule has 4 aromatic carbocycles. The number of rotatable bonds is 7. The van der Waals surface area contributed by atoms with Crippen LogP contribution in [-0.4, -0.2) is 18.3 Å². The third-order valence-electron chi connectivity index (χ3n) is 5.36. The van der Waals surface area contributed by atoms with Gasteiger partial charge in [-0.15, -0.1) is 0 Å². The van der Waals surface area contributed by atoms with Crippen LogP contribution in [0.3, 0.4) is 0 Å². The second kappa shape index (κ2) is 9.52. The standard InChI is InChI=1S/C27H22NO4PSe/c1-20-16-18-21(19-17-20)27(28-26(29)24-14-8-9-15-25(24)34-28)33(30,31-22-10-4-2-5-11-22)32-23-12-6-3-7-13-23/h2-19,27H,1H3. The average Bonchev–Trinajstić information content (AvgIpc) is 3.17. The van der Waals surface area contributed by atoms with Crippen LogP contribution in [0, 0.1) is 6.92 Å². The van der Waals surface area contributed by atoms with Gasteiger partial charge >= 0.3 is 204 Å². The molecule has 0 amide bonds. The summed E-state index contributed by atoms with van der Waals surface area (Å²) >= 11 is -0.390. The molecule has 0 saturated heterocycles. The minimum atomic E-state index is -4.00. The zero-order valence-corrected chi connectivity index (χ0v) is 21.0. The molecular formula is C27H22NO4PSe. The third kappa shape index (κ3) is 4.53. The first-order chi connectivity index (χ1) is 16.5. The number of aromatic nitrogens is 1. The van der Waals surface area contributed by atoms with Crippen LogP contribution in [0.15, 0.2) is 114 Å². The van der Waals surface area contributed by atoms with Crippen molar-refractivity contribution in [2.45, 2.75) is 12.7 Å². The Balaban J connectivity index is 1.74. The van der Waals surface area contributed by atoms with Crippen LogP contribution in [0.2, 0.25) is 0 Å². The maximum absolute atomic E-state index is 14.8. The number of hydrogen-bond donors (Lipinski definition) is 0. The van der Waals surface area contributed by atoms with Crippen LogP contribution in [0.5, 0.6) is 11.5 Å². The normalized spacial score (nSPS) is 12.4. The van der Waals surface area contributed by atoms with E-state index in [1.54, 1.807) is 27.8 Å². The summed E-state index contributed by atoms with van der Waals surface area (Å²) < 4.78 is 29.7. The molecule has 0 spiro atoms. The van der Waals surface area contributed by atoms with Crippen molar-refractivity contribution >= 4 is 32.0 Å². The topological polar surface area (TPSA) is 57.5 Å². The monoisotopic (exact) mass is 535 g/mol. The van der Waals surface area contributed by atoms with Crippen LogP contribution < -0.4 is 14.6 Å². The van der Waals surface area contributed by atoms with Crippen LogP contribution in [0.4, 0.5) is 0 Å². The second-order valence-corrected chi connectivity index (χ2v) is 11.9. The van der Waals surface area contributed by atoms with E-state index >= 15 is 0 Å². The molecule has 0 bridgehead atoms. The Morgan fingerprint density at radius 3 is 1.82 bits per heavy atom. The van der Waals surface area contributed by atoms with Gasteiger partial charge in [0.1, 0.15) is 0 Å². The molecule has 5 aromatic rings. The molecule has 170 valence electrons. The van der Waals surface area contributed by atoms with E-state index in [-0.39, 0.29) is 20.3 Å². The Bertz CT molecular complexity index is 1470. The van der Waals surface area contributed by atoms with E-state index in [9.17, 15) is 9.36 Å². The van der Waals surface area contributed by atoms with Crippen molar-refractivity contribution in [2.24, 2.45) is 0 Å². The van der Waals surface area contributed by atoms with Gasteiger partial charge in [-0.2, -0.15) is 0 Å². The number of hydrogen-bond acceptors (Lipinski definition) is 4.